The van der Waals surface area contributed by atoms with Gasteiger partial charge in [-0.15, -0.1) is 11.3 Å². The lowest BCUT2D eigenvalue weighted by Gasteiger charge is -2.10. The smallest absolute Gasteiger partial charge is 0.259 e. The van der Waals surface area contributed by atoms with E-state index in [0.29, 0.717) is 18.9 Å². The molecule has 0 saturated carbocycles. The number of benzene rings is 2. The summed E-state index contributed by atoms with van der Waals surface area (Å²) >= 11 is 1.69. The lowest BCUT2D eigenvalue weighted by molar-refractivity contribution is 0.322. The monoisotopic (exact) mass is 376 g/mol. The number of fused-ring (bicyclic) bond motifs is 4. The molecule has 2 aromatic carbocycles. The normalized spacial score (nSPS) is 13.8. The Labute approximate surface area is 160 Å². The number of hydrogen-bond donors (Lipinski definition) is 1. The second kappa shape index (κ2) is 6.82. The molecule has 4 nitrogen and oxygen atoms in total. The van der Waals surface area contributed by atoms with Gasteiger partial charge < -0.3 is 9.72 Å². The fraction of sp³-hybridized carbons (Fsp3) is 0.273. The zero-order chi connectivity index (χ0) is 18.2. The van der Waals surface area contributed by atoms with Crippen LogP contribution in [0.5, 0.6) is 5.75 Å². The molecule has 0 saturated heterocycles. The van der Waals surface area contributed by atoms with Crippen molar-refractivity contribution in [2.45, 2.75) is 32.1 Å². The van der Waals surface area contributed by atoms with Crippen LogP contribution in [-0.4, -0.2) is 16.6 Å². The maximum atomic E-state index is 12.6. The Morgan fingerprint density at radius 1 is 1.07 bits per heavy atom. The highest BCUT2D eigenvalue weighted by Crippen LogP contribution is 2.33. The molecule has 1 N–H and O–H groups in total. The van der Waals surface area contributed by atoms with E-state index < -0.39 is 0 Å². The van der Waals surface area contributed by atoms with Gasteiger partial charge in [-0.05, 0) is 42.7 Å². The van der Waals surface area contributed by atoms with Crippen LogP contribution in [0.15, 0.2) is 47.3 Å². The average Bonchev–Trinajstić information content (AvgIpc) is 3.07. The fourth-order valence-electron chi connectivity index (χ4n) is 3.91. The first-order chi connectivity index (χ1) is 13.3. The standard InChI is InChI=1S/C22H20N2O2S/c25-21-20-16-9-3-4-11-18(16)27-22(20)24-19(23-21)12-13-26-17-10-5-7-14-6-1-2-8-15(14)17/h1-2,5-8,10H,3-4,9,11-13H2,(H,23,24,25). The van der Waals surface area contributed by atoms with Crippen molar-refractivity contribution in [1.82, 2.24) is 9.97 Å². The Kier molecular flexibility index (Phi) is 4.17. The van der Waals surface area contributed by atoms with E-state index in [4.69, 9.17) is 9.72 Å². The number of aromatic nitrogens is 2. The zero-order valence-electron chi connectivity index (χ0n) is 15.0. The third-order valence-electron chi connectivity index (χ3n) is 5.22. The van der Waals surface area contributed by atoms with Gasteiger partial charge in [0, 0.05) is 16.7 Å². The number of hydrogen-bond acceptors (Lipinski definition) is 4. The van der Waals surface area contributed by atoms with Crippen molar-refractivity contribution >= 4 is 32.3 Å². The van der Waals surface area contributed by atoms with Crippen LogP contribution in [0, 0.1) is 0 Å². The predicted octanol–water partition coefficient (Wildman–Crippen LogP) is 4.64. The largest absolute Gasteiger partial charge is 0.492 e. The van der Waals surface area contributed by atoms with E-state index >= 15 is 0 Å². The van der Waals surface area contributed by atoms with Gasteiger partial charge in [-0.1, -0.05) is 36.4 Å². The van der Waals surface area contributed by atoms with Gasteiger partial charge in [0.2, 0.25) is 0 Å². The lowest BCUT2D eigenvalue weighted by atomic mass is 9.97. The SMILES string of the molecule is O=c1[nH]c(CCOc2cccc3ccccc23)nc2sc3c(c12)CCCC3. The number of H-pyrrole nitrogens is 1. The Hall–Kier alpha value is -2.66. The van der Waals surface area contributed by atoms with Crippen molar-refractivity contribution in [1.29, 1.82) is 0 Å². The van der Waals surface area contributed by atoms with Gasteiger partial charge in [0.1, 0.15) is 16.4 Å². The van der Waals surface area contributed by atoms with E-state index in [9.17, 15) is 4.79 Å². The van der Waals surface area contributed by atoms with Gasteiger partial charge >= 0.3 is 0 Å². The molecule has 0 fully saturated rings. The van der Waals surface area contributed by atoms with E-state index in [1.165, 1.54) is 23.3 Å². The maximum Gasteiger partial charge on any atom is 0.259 e. The summed E-state index contributed by atoms with van der Waals surface area (Å²) in [5.74, 6) is 1.56. The first kappa shape index (κ1) is 16.5. The third-order valence-corrected chi connectivity index (χ3v) is 6.41. The van der Waals surface area contributed by atoms with Crippen molar-refractivity contribution in [3.05, 3.63) is 69.1 Å². The Bertz CT molecular complexity index is 1190. The summed E-state index contributed by atoms with van der Waals surface area (Å²) in [7, 11) is 0. The van der Waals surface area contributed by atoms with Crippen LogP contribution >= 0.6 is 11.3 Å². The molecule has 1 aliphatic rings. The van der Waals surface area contributed by atoms with Crippen LogP contribution in [0.4, 0.5) is 0 Å². The third kappa shape index (κ3) is 3.02. The molecule has 0 unspecified atom stereocenters. The van der Waals surface area contributed by atoms with E-state index in [0.717, 1.165) is 39.6 Å². The first-order valence-electron chi connectivity index (χ1n) is 9.43. The summed E-state index contributed by atoms with van der Waals surface area (Å²) in [5.41, 5.74) is 1.23. The molecule has 0 radical (unpaired) electrons. The number of aryl methyl sites for hydroxylation is 2. The molecule has 5 rings (SSSR count). The number of aromatic amines is 1. The molecule has 0 amide bonds. The molecule has 2 heterocycles. The Morgan fingerprint density at radius 3 is 2.89 bits per heavy atom. The van der Waals surface area contributed by atoms with Crippen LogP contribution in [0.2, 0.25) is 0 Å². The summed E-state index contributed by atoms with van der Waals surface area (Å²) in [4.78, 5) is 22.5. The van der Waals surface area contributed by atoms with Crippen LogP contribution < -0.4 is 10.3 Å². The highest BCUT2D eigenvalue weighted by Gasteiger charge is 2.19. The van der Waals surface area contributed by atoms with Crippen LogP contribution in [0.25, 0.3) is 21.0 Å². The Morgan fingerprint density at radius 2 is 1.93 bits per heavy atom. The van der Waals surface area contributed by atoms with Crippen molar-refractivity contribution < 1.29 is 4.74 Å². The van der Waals surface area contributed by atoms with Gasteiger partial charge in [-0.3, -0.25) is 4.79 Å². The molecule has 1 aliphatic carbocycles. The quantitative estimate of drug-likeness (QED) is 0.565. The van der Waals surface area contributed by atoms with Crippen molar-refractivity contribution in [2.24, 2.45) is 0 Å². The summed E-state index contributed by atoms with van der Waals surface area (Å²) in [6.07, 6.45) is 5.04. The van der Waals surface area contributed by atoms with Gasteiger partial charge in [-0.2, -0.15) is 0 Å². The molecule has 5 heteroatoms. The molecule has 136 valence electrons. The summed E-state index contributed by atoms with van der Waals surface area (Å²) < 4.78 is 6.00. The first-order valence-corrected chi connectivity index (χ1v) is 10.3. The molecular formula is C22H20N2O2S. The Balaban J connectivity index is 1.38. The fourth-order valence-corrected chi connectivity index (χ4v) is 5.19. The molecule has 0 atom stereocenters. The second-order valence-electron chi connectivity index (χ2n) is 6.98. The number of rotatable bonds is 4. The highest BCUT2D eigenvalue weighted by atomic mass is 32.1. The summed E-state index contributed by atoms with van der Waals surface area (Å²) in [5, 5.41) is 3.07. The molecular weight excluding hydrogens is 356 g/mol. The van der Waals surface area contributed by atoms with E-state index in [1.807, 2.05) is 24.3 Å². The number of thiophene rings is 1. The minimum absolute atomic E-state index is 0.000407. The summed E-state index contributed by atoms with van der Waals surface area (Å²) in [6.45, 7) is 0.480. The topological polar surface area (TPSA) is 55.0 Å². The van der Waals surface area contributed by atoms with E-state index in [1.54, 1.807) is 11.3 Å². The minimum atomic E-state index is -0.000407. The van der Waals surface area contributed by atoms with Crippen LogP contribution in [0.1, 0.15) is 29.1 Å². The molecule has 0 aliphatic heterocycles. The number of nitrogens with zero attached hydrogens (tertiary/aromatic N) is 1. The number of nitrogens with one attached hydrogen (secondary N) is 1. The van der Waals surface area contributed by atoms with E-state index in [2.05, 4.69) is 23.2 Å². The number of ether oxygens (including phenoxy) is 1. The van der Waals surface area contributed by atoms with Gasteiger partial charge in [0.25, 0.3) is 5.56 Å². The molecule has 2 aromatic heterocycles. The molecule has 4 aromatic rings. The second-order valence-corrected chi connectivity index (χ2v) is 8.06. The molecule has 0 bridgehead atoms. The van der Waals surface area contributed by atoms with Gasteiger partial charge in [0.15, 0.2) is 0 Å². The average molecular weight is 376 g/mol. The van der Waals surface area contributed by atoms with Gasteiger partial charge in [0.05, 0.1) is 12.0 Å². The van der Waals surface area contributed by atoms with Crippen LogP contribution in [0.3, 0.4) is 0 Å². The van der Waals surface area contributed by atoms with E-state index in [-0.39, 0.29) is 5.56 Å². The zero-order valence-corrected chi connectivity index (χ0v) is 15.8. The van der Waals surface area contributed by atoms with Gasteiger partial charge in [-0.25, -0.2) is 4.98 Å². The predicted molar refractivity (Wildman–Crippen MR) is 110 cm³/mol. The highest BCUT2D eigenvalue weighted by molar-refractivity contribution is 7.18. The minimum Gasteiger partial charge on any atom is -0.492 e. The maximum absolute atomic E-state index is 12.6. The molecule has 27 heavy (non-hydrogen) atoms. The van der Waals surface area contributed by atoms with Crippen molar-refractivity contribution in [3.8, 4) is 5.75 Å². The lowest BCUT2D eigenvalue weighted by Crippen LogP contribution is -2.15. The van der Waals surface area contributed by atoms with Crippen LogP contribution in [-0.2, 0) is 19.3 Å². The van der Waals surface area contributed by atoms with Crippen molar-refractivity contribution in [3.63, 3.8) is 0 Å². The van der Waals surface area contributed by atoms with Crippen molar-refractivity contribution in [2.75, 3.05) is 6.61 Å². The summed E-state index contributed by atoms with van der Waals surface area (Å²) in [6, 6.07) is 14.2. The molecule has 0 spiro atoms.